The molecular weight excluding hydrogens is 254 g/mol. The summed E-state index contributed by atoms with van der Waals surface area (Å²) in [5, 5.41) is 7.78. The molecule has 0 aliphatic carbocycles. The van der Waals surface area contributed by atoms with Gasteiger partial charge in [0.05, 0.1) is 7.11 Å². The summed E-state index contributed by atoms with van der Waals surface area (Å²) in [6.07, 6.45) is 1.02. The fourth-order valence-electron chi connectivity index (χ4n) is 2.42. The molecule has 0 bridgehead atoms. The summed E-state index contributed by atoms with van der Waals surface area (Å²) < 4.78 is 5.38. The molecule has 19 heavy (non-hydrogen) atoms. The van der Waals surface area contributed by atoms with E-state index in [9.17, 15) is 0 Å². The highest BCUT2D eigenvalue weighted by atomic mass is 32.1. The Hall–Kier alpha value is -1.32. The molecule has 0 saturated heterocycles. The van der Waals surface area contributed by atoms with E-state index in [0.717, 1.165) is 12.2 Å². The van der Waals surface area contributed by atoms with E-state index in [-0.39, 0.29) is 0 Å². The molecule has 1 aromatic carbocycles. The molecule has 0 aliphatic heterocycles. The average Bonchev–Trinajstić information content (AvgIpc) is 2.91. The molecule has 1 unspecified atom stereocenters. The molecule has 2 rings (SSSR count). The molecule has 0 amide bonds. The summed E-state index contributed by atoms with van der Waals surface area (Å²) in [5.41, 5.74) is 5.20. The number of methoxy groups -OCH3 is 1. The summed E-state index contributed by atoms with van der Waals surface area (Å²) in [6.45, 7) is 4.24. The first kappa shape index (κ1) is 14.1. The topological polar surface area (TPSA) is 21.3 Å². The lowest BCUT2D eigenvalue weighted by Gasteiger charge is -2.20. The van der Waals surface area contributed by atoms with Gasteiger partial charge in [0, 0.05) is 6.04 Å². The number of rotatable bonds is 5. The van der Waals surface area contributed by atoms with Crippen molar-refractivity contribution >= 4 is 11.3 Å². The summed E-state index contributed by atoms with van der Waals surface area (Å²) in [4.78, 5) is 0. The molecule has 0 aliphatic rings. The van der Waals surface area contributed by atoms with Crippen molar-refractivity contribution in [1.29, 1.82) is 0 Å². The van der Waals surface area contributed by atoms with Crippen LogP contribution >= 0.6 is 11.3 Å². The molecule has 1 aromatic heterocycles. The highest BCUT2D eigenvalue weighted by Crippen LogP contribution is 2.28. The summed E-state index contributed by atoms with van der Waals surface area (Å²) in [7, 11) is 3.75. The Morgan fingerprint density at radius 1 is 1.26 bits per heavy atom. The maximum absolute atomic E-state index is 5.38. The van der Waals surface area contributed by atoms with Gasteiger partial charge < -0.3 is 10.1 Å². The van der Waals surface area contributed by atoms with Crippen molar-refractivity contribution < 1.29 is 4.74 Å². The average molecular weight is 275 g/mol. The number of thiophene rings is 1. The molecule has 2 nitrogen and oxygen atoms in total. The molecule has 1 atom stereocenters. The van der Waals surface area contributed by atoms with Crippen LogP contribution in [0.3, 0.4) is 0 Å². The van der Waals surface area contributed by atoms with E-state index >= 15 is 0 Å². The van der Waals surface area contributed by atoms with Crippen molar-refractivity contribution in [3.63, 3.8) is 0 Å². The lowest BCUT2D eigenvalue weighted by atomic mass is 9.94. The first-order chi connectivity index (χ1) is 9.15. The van der Waals surface area contributed by atoms with E-state index < -0.39 is 0 Å². The fraction of sp³-hybridized carbons (Fsp3) is 0.375. The van der Waals surface area contributed by atoms with Crippen LogP contribution in [0.5, 0.6) is 5.75 Å². The van der Waals surface area contributed by atoms with Crippen LogP contribution in [0.2, 0.25) is 0 Å². The first-order valence-electron chi connectivity index (χ1n) is 6.49. The SMILES string of the molecule is CNC(Cc1ccsc1)c1cc(C)c(OC)cc1C. The fourth-order valence-corrected chi connectivity index (χ4v) is 3.10. The normalized spacial score (nSPS) is 12.4. The van der Waals surface area contributed by atoms with E-state index in [2.05, 4.69) is 48.1 Å². The summed E-state index contributed by atoms with van der Waals surface area (Å²) in [6, 6.07) is 6.91. The Labute approximate surface area is 119 Å². The molecule has 3 heteroatoms. The zero-order chi connectivity index (χ0) is 13.8. The van der Waals surface area contributed by atoms with Gasteiger partial charge in [-0.15, -0.1) is 0 Å². The number of hydrogen-bond acceptors (Lipinski definition) is 3. The molecule has 102 valence electrons. The number of benzene rings is 1. The van der Waals surface area contributed by atoms with Gasteiger partial charge in [-0.3, -0.25) is 0 Å². The minimum absolute atomic E-state index is 0.346. The van der Waals surface area contributed by atoms with Crippen molar-refractivity contribution in [3.8, 4) is 5.75 Å². The van der Waals surface area contributed by atoms with Crippen LogP contribution in [0, 0.1) is 13.8 Å². The van der Waals surface area contributed by atoms with Gasteiger partial charge >= 0.3 is 0 Å². The zero-order valence-corrected chi connectivity index (χ0v) is 12.8. The van der Waals surface area contributed by atoms with Gasteiger partial charge in [0.2, 0.25) is 0 Å². The third kappa shape index (κ3) is 3.17. The predicted octanol–water partition coefficient (Wildman–Crippen LogP) is 3.88. The standard InChI is InChI=1S/C16H21NOS/c1-11-8-16(18-4)12(2)7-14(11)15(17-3)9-13-5-6-19-10-13/h5-8,10,15,17H,9H2,1-4H3. The highest BCUT2D eigenvalue weighted by molar-refractivity contribution is 7.07. The first-order valence-corrected chi connectivity index (χ1v) is 7.43. The second-order valence-corrected chi connectivity index (χ2v) is 5.64. The van der Waals surface area contributed by atoms with Crippen LogP contribution in [0.15, 0.2) is 29.0 Å². The maximum Gasteiger partial charge on any atom is 0.122 e. The number of likely N-dealkylation sites (N-methyl/N-ethyl adjacent to an activating group) is 1. The highest BCUT2D eigenvalue weighted by Gasteiger charge is 2.15. The molecular formula is C16H21NOS. The molecule has 1 heterocycles. The zero-order valence-electron chi connectivity index (χ0n) is 12.0. The summed E-state index contributed by atoms with van der Waals surface area (Å²) >= 11 is 1.75. The van der Waals surface area contributed by atoms with Crippen molar-refractivity contribution in [3.05, 3.63) is 51.2 Å². The predicted molar refractivity (Wildman–Crippen MR) is 82.3 cm³/mol. The van der Waals surface area contributed by atoms with Crippen LogP contribution in [0.1, 0.15) is 28.3 Å². The third-order valence-electron chi connectivity index (χ3n) is 3.53. The Bertz CT molecular complexity index is 534. The van der Waals surface area contributed by atoms with Crippen LogP contribution in [-0.4, -0.2) is 14.2 Å². The van der Waals surface area contributed by atoms with Gasteiger partial charge in [-0.2, -0.15) is 11.3 Å². The molecule has 1 N–H and O–H groups in total. The monoisotopic (exact) mass is 275 g/mol. The maximum atomic E-state index is 5.38. The van der Waals surface area contributed by atoms with Crippen molar-refractivity contribution in [1.82, 2.24) is 5.32 Å². The number of ether oxygens (including phenoxy) is 1. The number of aryl methyl sites for hydroxylation is 2. The minimum atomic E-state index is 0.346. The van der Waals surface area contributed by atoms with Crippen LogP contribution in [0.4, 0.5) is 0 Å². The summed E-state index contributed by atoms with van der Waals surface area (Å²) in [5.74, 6) is 0.964. The second kappa shape index (κ2) is 6.22. The van der Waals surface area contributed by atoms with Gasteiger partial charge in [-0.25, -0.2) is 0 Å². The molecule has 0 spiro atoms. The number of nitrogens with one attached hydrogen (secondary N) is 1. The smallest absolute Gasteiger partial charge is 0.122 e. The number of hydrogen-bond donors (Lipinski definition) is 1. The van der Waals surface area contributed by atoms with Crippen molar-refractivity contribution in [2.45, 2.75) is 26.3 Å². The van der Waals surface area contributed by atoms with Gasteiger partial charge in [-0.1, -0.05) is 6.07 Å². The van der Waals surface area contributed by atoms with E-state index in [1.807, 2.05) is 7.05 Å². The Morgan fingerprint density at radius 2 is 2.05 bits per heavy atom. The van der Waals surface area contributed by atoms with Crippen LogP contribution < -0.4 is 10.1 Å². The Morgan fingerprint density at radius 3 is 2.63 bits per heavy atom. The Balaban J connectivity index is 2.30. The lowest BCUT2D eigenvalue weighted by Crippen LogP contribution is -2.19. The lowest BCUT2D eigenvalue weighted by molar-refractivity contribution is 0.410. The minimum Gasteiger partial charge on any atom is -0.496 e. The quantitative estimate of drug-likeness (QED) is 0.894. The van der Waals surface area contributed by atoms with Crippen LogP contribution in [-0.2, 0) is 6.42 Å². The van der Waals surface area contributed by atoms with E-state index in [4.69, 9.17) is 4.74 Å². The van der Waals surface area contributed by atoms with E-state index in [1.165, 1.54) is 22.3 Å². The van der Waals surface area contributed by atoms with Crippen molar-refractivity contribution in [2.75, 3.05) is 14.2 Å². The van der Waals surface area contributed by atoms with Crippen molar-refractivity contribution in [2.24, 2.45) is 0 Å². The molecule has 0 radical (unpaired) electrons. The van der Waals surface area contributed by atoms with Gasteiger partial charge in [0.25, 0.3) is 0 Å². The molecule has 0 fully saturated rings. The third-order valence-corrected chi connectivity index (χ3v) is 4.26. The van der Waals surface area contributed by atoms with E-state index in [0.29, 0.717) is 6.04 Å². The molecule has 0 saturated carbocycles. The van der Waals surface area contributed by atoms with Gasteiger partial charge in [0.15, 0.2) is 0 Å². The van der Waals surface area contributed by atoms with Gasteiger partial charge in [-0.05, 0) is 72.5 Å². The van der Waals surface area contributed by atoms with Crippen LogP contribution in [0.25, 0.3) is 0 Å². The Kier molecular flexibility index (Phi) is 4.61. The largest absolute Gasteiger partial charge is 0.496 e. The van der Waals surface area contributed by atoms with Gasteiger partial charge in [0.1, 0.15) is 5.75 Å². The molecule has 2 aromatic rings. The second-order valence-electron chi connectivity index (χ2n) is 4.86. The van der Waals surface area contributed by atoms with E-state index in [1.54, 1.807) is 18.4 Å².